The van der Waals surface area contributed by atoms with Crippen LogP contribution >= 0.6 is 11.6 Å². The average molecular weight is 503 g/mol. The molecule has 1 heterocycles. The van der Waals surface area contributed by atoms with Crippen LogP contribution in [0.25, 0.3) is 28.0 Å². The number of carbonyl (C=O) groups is 1. The quantitative estimate of drug-likeness (QED) is 0.318. The van der Waals surface area contributed by atoms with Crippen LogP contribution in [0.2, 0.25) is 5.02 Å². The van der Waals surface area contributed by atoms with Crippen LogP contribution in [0.4, 0.5) is 13.2 Å². The highest BCUT2D eigenvalue weighted by atomic mass is 35.5. The zero-order valence-corrected chi connectivity index (χ0v) is 19.1. The minimum Gasteiger partial charge on any atom is -0.482 e. The van der Waals surface area contributed by atoms with E-state index in [1.165, 1.54) is 36.4 Å². The maximum absolute atomic E-state index is 13.7. The van der Waals surface area contributed by atoms with Crippen LogP contribution in [-0.2, 0) is 15.7 Å². The Morgan fingerprint density at radius 1 is 1.03 bits per heavy atom. The van der Waals surface area contributed by atoms with E-state index < -0.39 is 28.7 Å². The van der Waals surface area contributed by atoms with Gasteiger partial charge in [-0.2, -0.15) is 13.2 Å². The zero-order valence-electron chi connectivity index (χ0n) is 18.3. The third kappa shape index (κ3) is 5.14. The van der Waals surface area contributed by atoms with Gasteiger partial charge in [-0.3, -0.25) is 9.36 Å². The first-order valence-electron chi connectivity index (χ1n) is 10.5. The summed E-state index contributed by atoms with van der Waals surface area (Å²) in [4.78, 5) is 29.5. The Morgan fingerprint density at radius 2 is 1.71 bits per heavy atom. The summed E-state index contributed by atoms with van der Waals surface area (Å²) in [5.74, 6) is -0.0949. The number of alkyl halides is 3. The molecule has 0 radical (unpaired) electrons. The standard InChI is InChI=1S/C25H18ClF3N2O4/c1-2-34-21(32)14-35-18-12-10-17(11-13-18)31-23(15-6-8-16(26)9-7-15)30-20-5-3-4-19(25(27,28)29)22(20)24(31)33/h3-13H,2,14H2,1H3. The van der Waals surface area contributed by atoms with Gasteiger partial charge in [0.15, 0.2) is 6.61 Å². The lowest BCUT2D eigenvalue weighted by Gasteiger charge is -2.17. The van der Waals surface area contributed by atoms with E-state index in [1.807, 2.05) is 0 Å². The fraction of sp³-hybridized carbons (Fsp3) is 0.160. The van der Waals surface area contributed by atoms with Crippen LogP contribution in [0.15, 0.2) is 71.5 Å². The SMILES string of the molecule is CCOC(=O)COc1ccc(-n2c(-c3ccc(Cl)cc3)nc3cccc(C(F)(F)F)c3c2=O)cc1. The Morgan fingerprint density at radius 3 is 2.34 bits per heavy atom. The van der Waals surface area contributed by atoms with E-state index in [0.29, 0.717) is 16.3 Å². The minimum atomic E-state index is -4.75. The summed E-state index contributed by atoms with van der Waals surface area (Å²) < 4.78 is 52.4. The van der Waals surface area contributed by atoms with Gasteiger partial charge in [0.05, 0.1) is 28.8 Å². The molecule has 0 amide bonds. The van der Waals surface area contributed by atoms with Gasteiger partial charge in [-0.25, -0.2) is 9.78 Å². The Balaban J connectivity index is 1.88. The molecule has 0 fully saturated rings. The largest absolute Gasteiger partial charge is 0.482 e. The van der Waals surface area contributed by atoms with Crippen molar-refractivity contribution in [2.24, 2.45) is 0 Å². The van der Waals surface area contributed by atoms with E-state index in [9.17, 15) is 22.8 Å². The third-order valence-electron chi connectivity index (χ3n) is 5.06. The van der Waals surface area contributed by atoms with Crippen molar-refractivity contribution in [2.45, 2.75) is 13.1 Å². The van der Waals surface area contributed by atoms with Gasteiger partial charge in [-0.1, -0.05) is 17.7 Å². The lowest BCUT2D eigenvalue weighted by Crippen LogP contribution is -2.24. The molecular formula is C25H18ClF3N2O4. The predicted molar refractivity (Wildman–Crippen MR) is 125 cm³/mol. The number of hydrogen-bond donors (Lipinski definition) is 0. The molecule has 35 heavy (non-hydrogen) atoms. The number of hydrogen-bond acceptors (Lipinski definition) is 5. The molecule has 0 spiro atoms. The maximum atomic E-state index is 13.7. The summed E-state index contributed by atoms with van der Waals surface area (Å²) in [6.45, 7) is 1.58. The van der Waals surface area contributed by atoms with E-state index in [-0.39, 0.29) is 30.2 Å². The molecule has 1 aromatic heterocycles. The van der Waals surface area contributed by atoms with Crippen LogP contribution < -0.4 is 10.3 Å². The fourth-order valence-electron chi connectivity index (χ4n) is 3.53. The van der Waals surface area contributed by atoms with Gasteiger partial charge in [0.2, 0.25) is 0 Å². The number of ether oxygens (including phenoxy) is 2. The summed E-state index contributed by atoms with van der Waals surface area (Å²) in [5.41, 5.74) is -1.30. The third-order valence-corrected chi connectivity index (χ3v) is 5.31. The second-order valence-electron chi connectivity index (χ2n) is 7.37. The number of carbonyl (C=O) groups excluding carboxylic acids is 1. The van der Waals surface area contributed by atoms with Gasteiger partial charge in [0.1, 0.15) is 11.6 Å². The molecule has 3 aromatic carbocycles. The van der Waals surface area contributed by atoms with Crippen molar-refractivity contribution in [2.75, 3.05) is 13.2 Å². The van der Waals surface area contributed by atoms with Crippen molar-refractivity contribution < 1.29 is 27.4 Å². The fourth-order valence-corrected chi connectivity index (χ4v) is 3.66. The van der Waals surface area contributed by atoms with Crippen molar-refractivity contribution in [1.29, 1.82) is 0 Å². The van der Waals surface area contributed by atoms with E-state index in [4.69, 9.17) is 21.1 Å². The molecule has 0 N–H and O–H groups in total. The Kier molecular flexibility index (Phi) is 6.79. The van der Waals surface area contributed by atoms with Crippen LogP contribution in [0.1, 0.15) is 12.5 Å². The Hall–Kier alpha value is -3.85. The highest BCUT2D eigenvalue weighted by molar-refractivity contribution is 6.30. The van der Waals surface area contributed by atoms with Gasteiger partial charge in [0.25, 0.3) is 5.56 Å². The zero-order chi connectivity index (χ0) is 25.2. The number of rotatable bonds is 6. The predicted octanol–water partition coefficient (Wildman–Crippen LogP) is 5.67. The van der Waals surface area contributed by atoms with Crippen molar-refractivity contribution in [3.05, 3.63) is 87.7 Å². The van der Waals surface area contributed by atoms with Gasteiger partial charge >= 0.3 is 12.1 Å². The topological polar surface area (TPSA) is 70.4 Å². The average Bonchev–Trinajstić information content (AvgIpc) is 2.83. The summed E-state index contributed by atoms with van der Waals surface area (Å²) in [6, 6.07) is 15.8. The lowest BCUT2D eigenvalue weighted by atomic mass is 10.1. The molecule has 0 aliphatic carbocycles. The van der Waals surface area contributed by atoms with Crippen molar-refractivity contribution in [1.82, 2.24) is 9.55 Å². The highest BCUT2D eigenvalue weighted by Crippen LogP contribution is 2.34. The summed E-state index contributed by atoms with van der Waals surface area (Å²) >= 11 is 5.98. The normalized spacial score (nSPS) is 11.5. The number of halogens is 4. The summed E-state index contributed by atoms with van der Waals surface area (Å²) in [5, 5.41) is -0.0914. The molecular weight excluding hydrogens is 485 g/mol. The van der Waals surface area contributed by atoms with E-state index in [2.05, 4.69) is 4.98 Å². The first-order valence-corrected chi connectivity index (χ1v) is 10.8. The monoisotopic (exact) mass is 502 g/mol. The molecule has 6 nitrogen and oxygen atoms in total. The van der Waals surface area contributed by atoms with E-state index >= 15 is 0 Å². The van der Waals surface area contributed by atoms with E-state index in [1.54, 1.807) is 31.2 Å². The second-order valence-corrected chi connectivity index (χ2v) is 7.80. The first-order chi connectivity index (χ1) is 16.7. The summed E-state index contributed by atoms with van der Waals surface area (Å²) in [7, 11) is 0. The lowest BCUT2D eigenvalue weighted by molar-refractivity contribution is -0.145. The van der Waals surface area contributed by atoms with Gasteiger partial charge in [-0.15, -0.1) is 0 Å². The smallest absolute Gasteiger partial charge is 0.417 e. The summed E-state index contributed by atoms with van der Waals surface area (Å²) in [6.07, 6.45) is -4.75. The minimum absolute atomic E-state index is 0.0829. The molecule has 0 unspecified atom stereocenters. The van der Waals surface area contributed by atoms with Crippen LogP contribution in [-0.4, -0.2) is 28.7 Å². The molecule has 10 heteroatoms. The van der Waals surface area contributed by atoms with Crippen molar-refractivity contribution in [3.63, 3.8) is 0 Å². The van der Waals surface area contributed by atoms with Gasteiger partial charge < -0.3 is 9.47 Å². The van der Waals surface area contributed by atoms with Gasteiger partial charge in [0, 0.05) is 10.6 Å². The van der Waals surface area contributed by atoms with Crippen LogP contribution in [0.3, 0.4) is 0 Å². The van der Waals surface area contributed by atoms with Crippen LogP contribution in [0.5, 0.6) is 5.75 Å². The molecule has 0 aliphatic heterocycles. The molecule has 0 atom stereocenters. The number of nitrogens with zero attached hydrogens (tertiary/aromatic N) is 2. The molecule has 4 rings (SSSR count). The molecule has 180 valence electrons. The maximum Gasteiger partial charge on any atom is 0.417 e. The van der Waals surface area contributed by atoms with Crippen molar-refractivity contribution >= 4 is 28.5 Å². The molecule has 0 saturated carbocycles. The van der Waals surface area contributed by atoms with E-state index in [0.717, 1.165) is 10.6 Å². The number of esters is 1. The van der Waals surface area contributed by atoms with Gasteiger partial charge in [-0.05, 0) is 67.6 Å². The number of fused-ring (bicyclic) bond motifs is 1. The highest BCUT2D eigenvalue weighted by Gasteiger charge is 2.34. The van der Waals surface area contributed by atoms with Crippen LogP contribution in [0, 0.1) is 0 Å². The first kappa shape index (κ1) is 24.3. The second kappa shape index (κ2) is 9.79. The number of aromatic nitrogens is 2. The number of benzene rings is 3. The Labute approximate surface area is 202 Å². The Bertz CT molecular complexity index is 1430. The van der Waals surface area contributed by atoms with Crippen molar-refractivity contribution in [3.8, 4) is 22.8 Å². The molecule has 4 aromatic rings. The molecule has 0 aliphatic rings. The molecule has 0 bridgehead atoms. The molecule has 0 saturated heterocycles.